The molecule has 0 N–H and O–H groups in total. The Labute approximate surface area is 161 Å². The lowest BCUT2D eigenvalue weighted by Crippen LogP contribution is -2.20. The summed E-state index contributed by atoms with van der Waals surface area (Å²) in [6, 6.07) is 5.97. The summed E-state index contributed by atoms with van der Waals surface area (Å²) in [5.74, 6) is 0.800. The molecule has 2 aromatic rings. The van der Waals surface area contributed by atoms with Crippen LogP contribution in [-0.4, -0.2) is 54.6 Å². The van der Waals surface area contributed by atoms with Crippen LogP contribution in [0.15, 0.2) is 48.4 Å². The van der Waals surface area contributed by atoms with Gasteiger partial charge >= 0.3 is 0 Å². The van der Waals surface area contributed by atoms with Crippen molar-refractivity contribution in [2.45, 2.75) is 26.2 Å². The summed E-state index contributed by atoms with van der Waals surface area (Å²) in [6.07, 6.45) is 10.7. The van der Waals surface area contributed by atoms with Crippen molar-refractivity contribution in [1.29, 1.82) is 0 Å². The maximum atomic E-state index is 13.3. The molecule has 0 bridgehead atoms. The van der Waals surface area contributed by atoms with Crippen LogP contribution < -0.4 is 4.74 Å². The average molecular weight is 367 g/mol. The lowest BCUT2D eigenvalue weighted by molar-refractivity contribution is 0.0955. The summed E-state index contributed by atoms with van der Waals surface area (Å²) in [4.78, 5) is 17.5. The summed E-state index contributed by atoms with van der Waals surface area (Å²) in [6.45, 7) is 4.00. The van der Waals surface area contributed by atoms with Crippen molar-refractivity contribution >= 4 is 16.8 Å². The van der Waals surface area contributed by atoms with Gasteiger partial charge in [0.05, 0.1) is 12.6 Å². The average Bonchev–Trinajstić information content (AvgIpc) is 3.04. The van der Waals surface area contributed by atoms with Gasteiger partial charge in [-0.1, -0.05) is 13.0 Å². The van der Waals surface area contributed by atoms with Gasteiger partial charge in [-0.2, -0.15) is 0 Å². The molecule has 0 atom stereocenters. The third-order valence-corrected chi connectivity index (χ3v) is 4.86. The summed E-state index contributed by atoms with van der Waals surface area (Å²) < 4.78 is 7.18. The van der Waals surface area contributed by atoms with E-state index in [-0.39, 0.29) is 5.91 Å². The van der Waals surface area contributed by atoms with E-state index in [2.05, 4.69) is 49.2 Å². The Morgan fingerprint density at radius 1 is 1.30 bits per heavy atom. The molecule has 5 heteroatoms. The van der Waals surface area contributed by atoms with Crippen molar-refractivity contribution in [2.75, 3.05) is 34.3 Å². The predicted molar refractivity (Wildman–Crippen MR) is 110 cm³/mol. The minimum atomic E-state index is 0.0369. The van der Waals surface area contributed by atoms with Crippen LogP contribution >= 0.6 is 0 Å². The van der Waals surface area contributed by atoms with E-state index in [9.17, 15) is 4.79 Å². The van der Waals surface area contributed by atoms with Crippen LogP contribution in [0.5, 0.6) is 5.75 Å². The molecular weight excluding hydrogens is 338 g/mol. The van der Waals surface area contributed by atoms with Gasteiger partial charge in [-0.3, -0.25) is 9.36 Å². The quantitative estimate of drug-likeness (QED) is 0.744. The van der Waals surface area contributed by atoms with E-state index in [0.717, 1.165) is 48.2 Å². The second-order valence-electron chi connectivity index (χ2n) is 7.25. The Bertz CT molecular complexity index is 877. The van der Waals surface area contributed by atoms with Crippen molar-refractivity contribution in [1.82, 2.24) is 14.4 Å². The van der Waals surface area contributed by atoms with E-state index in [1.54, 1.807) is 11.7 Å². The fourth-order valence-electron chi connectivity index (χ4n) is 3.42. The van der Waals surface area contributed by atoms with Gasteiger partial charge in [0.2, 0.25) is 0 Å². The number of fused-ring (bicyclic) bond motifs is 1. The molecule has 1 aliphatic rings. The van der Waals surface area contributed by atoms with Crippen LogP contribution in [-0.2, 0) is 6.42 Å². The molecule has 1 aliphatic heterocycles. The molecule has 2 heterocycles. The number of carbonyl (C=O) groups excluding carboxylic acids is 1. The zero-order chi connectivity index (χ0) is 19.4. The van der Waals surface area contributed by atoms with Gasteiger partial charge in [-0.15, -0.1) is 0 Å². The molecule has 27 heavy (non-hydrogen) atoms. The summed E-state index contributed by atoms with van der Waals surface area (Å²) in [5.41, 5.74) is 2.91. The number of carbonyl (C=O) groups is 1. The van der Waals surface area contributed by atoms with Gasteiger partial charge in [0.25, 0.3) is 5.91 Å². The zero-order valence-electron chi connectivity index (χ0n) is 16.7. The Morgan fingerprint density at radius 3 is 2.81 bits per heavy atom. The Balaban J connectivity index is 2.00. The molecule has 0 saturated carbocycles. The van der Waals surface area contributed by atoms with Crippen molar-refractivity contribution in [3.05, 3.63) is 54.0 Å². The second-order valence-corrected chi connectivity index (χ2v) is 7.25. The fraction of sp³-hybridized carbons (Fsp3) is 0.409. The number of hydrogen-bond acceptors (Lipinski definition) is 4. The van der Waals surface area contributed by atoms with E-state index < -0.39 is 0 Å². The molecule has 0 amide bonds. The van der Waals surface area contributed by atoms with Gasteiger partial charge in [0.1, 0.15) is 5.75 Å². The molecule has 3 rings (SSSR count). The minimum absolute atomic E-state index is 0.0369. The highest BCUT2D eigenvalue weighted by atomic mass is 16.5. The van der Waals surface area contributed by atoms with E-state index >= 15 is 0 Å². The predicted octanol–water partition coefficient (Wildman–Crippen LogP) is 3.91. The molecule has 0 spiro atoms. The normalized spacial score (nSPS) is 14.1. The number of methoxy groups -OCH3 is 1. The summed E-state index contributed by atoms with van der Waals surface area (Å²) in [7, 11) is 5.78. The first-order valence-electron chi connectivity index (χ1n) is 9.54. The molecule has 144 valence electrons. The molecule has 1 aromatic heterocycles. The van der Waals surface area contributed by atoms with Gasteiger partial charge in [-0.05, 0) is 57.3 Å². The zero-order valence-corrected chi connectivity index (χ0v) is 16.7. The summed E-state index contributed by atoms with van der Waals surface area (Å²) in [5, 5.41) is 1.11. The van der Waals surface area contributed by atoms with Crippen LogP contribution in [0.4, 0.5) is 0 Å². The van der Waals surface area contributed by atoms with E-state index in [0.29, 0.717) is 6.42 Å². The number of nitrogens with zero attached hydrogens (tertiary/aromatic N) is 3. The number of aromatic nitrogens is 1. The topological polar surface area (TPSA) is 37.7 Å². The van der Waals surface area contributed by atoms with Crippen molar-refractivity contribution in [3.63, 3.8) is 0 Å². The first kappa shape index (κ1) is 19.2. The number of rotatable bonds is 7. The SMILES string of the molecule is CCCN1C=CCC(C(=O)n2cc(CCN(C)C)c3ccc(OC)cc32)=C1. The van der Waals surface area contributed by atoms with Crippen LogP contribution in [0, 0.1) is 0 Å². The first-order chi connectivity index (χ1) is 13.0. The second kappa shape index (κ2) is 8.44. The molecule has 0 aliphatic carbocycles. The highest BCUT2D eigenvalue weighted by Crippen LogP contribution is 2.28. The number of ether oxygens (including phenoxy) is 1. The van der Waals surface area contributed by atoms with E-state index in [1.165, 1.54) is 5.56 Å². The lowest BCUT2D eigenvalue weighted by Gasteiger charge is -2.20. The molecule has 1 aromatic carbocycles. The van der Waals surface area contributed by atoms with Crippen molar-refractivity contribution in [2.24, 2.45) is 0 Å². The molecule has 0 unspecified atom stereocenters. The van der Waals surface area contributed by atoms with Gasteiger partial charge in [-0.25, -0.2) is 0 Å². The standard InChI is InChI=1S/C22H29N3O2/c1-5-11-24-12-6-7-18(15-24)22(26)25-16-17(10-13-23(2)3)20-9-8-19(27-4)14-21(20)25/h6,8-9,12,14-16H,5,7,10-11,13H2,1-4H3. The van der Waals surface area contributed by atoms with Gasteiger partial charge in [0.15, 0.2) is 0 Å². The largest absolute Gasteiger partial charge is 0.497 e. The molecule has 0 saturated heterocycles. The third-order valence-electron chi connectivity index (χ3n) is 4.86. The number of hydrogen-bond donors (Lipinski definition) is 0. The summed E-state index contributed by atoms with van der Waals surface area (Å²) >= 11 is 0. The van der Waals surface area contributed by atoms with Crippen LogP contribution in [0.25, 0.3) is 10.9 Å². The Hall–Kier alpha value is -2.53. The number of likely N-dealkylation sites (N-methyl/N-ethyl adjacent to an activating group) is 1. The molecule has 0 radical (unpaired) electrons. The van der Waals surface area contributed by atoms with Crippen molar-refractivity contribution < 1.29 is 9.53 Å². The van der Waals surface area contributed by atoms with E-state index in [4.69, 9.17) is 4.74 Å². The molecule has 5 nitrogen and oxygen atoms in total. The van der Waals surface area contributed by atoms with E-state index in [1.807, 2.05) is 24.5 Å². The molecule has 0 fully saturated rings. The van der Waals surface area contributed by atoms with Gasteiger partial charge < -0.3 is 14.5 Å². The Morgan fingerprint density at radius 2 is 2.11 bits per heavy atom. The Kier molecular flexibility index (Phi) is 6.01. The van der Waals surface area contributed by atoms with Crippen LogP contribution in [0.1, 0.15) is 30.1 Å². The highest BCUT2D eigenvalue weighted by molar-refractivity contribution is 6.03. The monoisotopic (exact) mass is 367 g/mol. The minimum Gasteiger partial charge on any atom is -0.497 e. The fourth-order valence-corrected chi connectivity index (χ4v) is 3.42. The van der Waals surface area contributed by atoms with Crippen molar-refractivity contribution in [3.8, 4) is 5.75 Å². The third kappa shape index (κ3) is 4.25. The van der Waals surface area contributed by atoms with Gasteiger partial charge in [0, 0.05) is 42.5 Å². The number of benzene rings is 1. The molecular formula is C22H29N3O2. The smallest absolute Gasteiger partial charge is 0.260 e. The van der Waals surface area contributed by atoms with Crippen LogP contribution in [0.2, 0.25) is 0 Å². The first-order valence-corrected chi connectivity index (χ1v) is 9.54. The lowest BCUT2D eigenvalue weighted by atomic mass is 10.1. The maximum Gasteiger partial charge on any atom is 0.260 e. The van der Waals surface area contributed by atoms with Crippen LogP contribution in [0.3, 0.4) is 0 Å². The number of allylic oxidation sites excluding steroid dienone is 2. The maximum absolute atomic E-state index is 13.3. The highest BCUT2D eigenvalue weighted by Gasteiger charge is 2.19.